The Morgan fingerprint density at radius 1 is 1.09 bits per heavy atom. The lowest BCUT2D eigenvalue weighted by Crippen LogP contribution is -2.18. The molecule has 0 saturated heterocycles. The van der Waals surface area contributed by atoms with Gasteiger partial charge in [-0.1, -0.05) is 30.3 Å². The van der Waals surface area contributed by atoms with Crippen LogP contribution in [0, 0.1) is 0 Å². The molecule has 0 fully saturated rings. The fourth-order valence-electron chi connectivity index (χ4n) is 2.23. The molecule has 0 saturated carbocycles. The second-order valence-electron chi connectivity index (χ2n) is 5.37. The molecule has 0 radical (unpaired) electrons. The Labute approximate surface area is 135 Å². The molecule has 0 aliphatic rings. The minimum absolute atomic E-state index is 0.477. The second kappa shape index (κ2) is 6.91. The number of ether oxygens (including phenoxy) is 1. The SMILES string of the molecule is CN(Cc1cnn(C)c1)c1cncc(OCc2ccccc2)n1. The van der Waals surface area contributed by atoms with Crippen LogP contribution >= 0.6 is 0 Å². The van der Waals surface area contributed by atoms with E-state index >= 15 is 0 Å². The van der Waals surface area contributed by atoms with E-state index in [0.29, 0.717) is 19.0 Å². The van der Waals surface area contributed by atoms with E-state index in [4.69, 9.17) is 4.74 Å². The van der Waals surface area contributed by atoms with Gasteiger partial charge in [-0.15, -0.1) is 0 Å². The molecular formula is C17H19N5O. The summed E-state index contributed by atoms with van der Waals surface area (Å²) in [5, 5.41) is 4.17. The summed E-state index contributed by atoms with van der Waals surface area (Å²) in [5.74, 6) is 1.28. The Morgan fingerprint density at radius 3 is 2.65 bits per heavy atom. The van der Waals surface area contributed by atoms with Crippen molar-refractivity contribution in [3.8, 4) is 5.88 Å². The molecule has 0 N–H and O–H groups in total. The summed E-state index contributed by atoms with van der Waals surface area (Å²) in [7, 11) is 3.87. The van der Waals surface area contributed by atoms with E-state index in [9.17, 15) is 0 Å². The van der Waals surface area contributed by atoms with Gasteiger partial charge in [0.1, 0.15) is 6.61 Å². The summed E-state index contributed by atoms with van der Waals surface area (Å²) in [5.41, 5.74) is 2.22. The average Bonchev–Trinajstić information content (AvgIpc) is 2.99. The third-order valence-corrected chi connectivity index (χ3v) is 3.40. The zero-order valence-electron chi connectivity index (χ0n) is 13.3. The predicted molar refractivity (Wildman–Crippen MR) is 88.1 cm³/mol. The number of hydrogen-bond donors (Lipinski definition) is 0. The topological polar surface area (TPSA) is 56.1 Å². The van der Waals surface area contributed by atoms with Gasteiger partial charge in [-0.3, -0.25) is 9.67 Å². The maximum atomic E-state index is 5.72. The van der Waals surface area contributed by atoms with E-state index in [1.54, 1.807) is 17.1 Å². The normalized spacial score (nSPS) is 10.5. The Morgan fingerprint density at radius 2 is 1.91 bits per heavy atom. The third kappa shape index (κ3) is 4.06. The van der Waals surface area contributed by atoms with Gasteiger partial charge in [-0.25, -0.2) is 0 Å². The average molecular weight is 309 g/mol. The first kappa shape index (κ1) is 15.0. The molecule has 0 unspecified atom stereocenters. The highest BCUT2D eigenvalue weighted by Gasteiger charge is 2.07. The highest BCUT2D eigenvalue weighted by Crippen LogP contribution is 2.16. The molecule has 2 heterocycles. The van der Waals surface area contributed by atoms with Crippen molar-refractivity contribution in [3.05, 3.63) is 66.2 Å². The smallest absolute Gasteiger partial charge is 0.234 e. The monoisotopic (exact) mass is 309 g/mol. The maximum absolute atomic E-state index is 5.72. The predicted octanol–water partition coefficient (Wildman–Crippen LogP) is 2.43. The van der Waals surface area contributed by atoms with Crippen molar-refractivity contribution in [2.75, 3.05) is 11.9 Å². The van der Waals surface area contributed by atoms with Crippen LogP contribution < -0.4 is 9.64 Å². The fourth-order valence-corrected chi connectivity index (χ4v) is 2.23. The first-order valence-electron chi connectivity index (χ1n) is 7.38. The summed E-state index contributed by atoms with van der Waals surface area (Å²) >= 11 is 0. The summed E-state index contributed by atoms with van der Waals surface area (Å²) < 4.78 is 7.51. The van der Waals surface area contributed by atoms with Gasteiger partial charge in [0.15, 0.2) is 5.82 Å². The Balaban J connectivity index is 1.64. The van der Waals surface area contributed by atoms with E-state index in [1.165, 1.54) is 0 Å². The highest BCUT2D eigenvalue weighted by molar-refractivity contribution is 5.37. The molecule has 2 aromatic heterocycles. The summed E-state index contributed by atoms with van der Waals surface area (Å²) in [6.07, 6.45) is 7.19. The van der Waals surface area contributed by atoms with E-state index in [0.717, 1.165) is 16.9 Å². The molecule has 118 valence electrons. The van der Waals surface area contributed by atoms with E-state index in [-0.39, 0.29) is 0 Å². The summed E-state index contributed by atoms with van der Waals surface area (Å²) in [6, 6.07) is 10.00. The van der Waals surface area contributed by atoms with Gasteiger partial charge < -0.3 is 9.64 Å². The Kier molecular flexibility index (Phi) is 4.52. The van der Waals surface area contributed by atoms with Gasteiger partial charge in [-0.2, -0.15) is 10.1 Å². The van der Waals surface area contributed by atoms with Crippen molar-refractivity contribution in [3.63, 3.8) is 0 Å². The van der Waals surface area contributed by atoms with E-state index < -0.39 is 0 Å². The van der Waals surface area contributed by atoms with Gasteiger partial charge in [0.2, 0.25) is 5.88 Å². The standard InChI is InChI=1S/C17H19N5O/c1-21(11-15-8-19-22(2)12-15)16-9-18-10-17(20-16)23-13-14-6-4-3-5-7-14/h3-10,12H,11,13H2,1-2H3. The van der Waals surface area contributed by atoms with Crippen molar-refractivity contribution >= 4 is 5.82 Å². The van der Waals surface area contributed by atoms with Crippen LogP contribution in [0.25, 0.3) is 0 Å². The molecule has 0 atom stereocenters. The van der Waals surface area contributed by atoms with Crippen LogP contribution in [0.4, 0.5) is 5.82 Å². The Hall–Kier alpha value is -2.89. The maximum Gasteiger partial charge on any atom is 0.234 e. The van der Waals surface area contributed by atoms with Crippen LogP contribution in [-0.4, -0.2) is 26.8 Å². The highest BCUT2D eigenvalue weighted by atomic mass is 16.5. The summed E-state index contributed by atoms with van der Waals surface area (Å²) in [6.45, 7) is 1.19. The molecule has 0 bridgehead atoms. The number of anilines is 1. The van der Waals surface area contributed by atoms with E-state index in [2.05, 4.69) is 15.1 Å². The number of benzene rings is 1. The number of aromatic nitrogens is 4. The first-order valence-corrected chi connectivity index (χ1v) is 7.38. The molecule has 0 aliphatic heterocycles. The lowest BCUT2D eigenvalue weighted by Gasteiger charge is -2.17. The lowest BCUT2D eigenvalue weighted by atomic mass is 10.2. The van der Waals surface area contributed by atoms with Crippen molar-refractivity contribution in [1.82, 2.24) is 19.7 Å². The molecule has 0 aliphatic carbocycles. The van der Waals surface area contributed by atoms with Crippen molar-refractivity contribution in [2.24, 2.45) is 7.05 Å². The largest absolute Gasteiger partial charge is 0.472 e. The van der Waals surface area contributed by atoms with Crippen LogP contribution in [-0.2, 0) is 20.2 Å². The number of aryl methyl sites for hydroxylation is 1. The minimum atomic E-state index is 0.477. The Bertz CT molecular complexity index is 756. The lowest BCUT2D eigenvalue weighted by molar-refractivity contribution is 0.292. The number of rotatable bonds is 6. The van der Waals surface area contributed by atoms with Gasteiger partial charge >= 0.3 is 0 Å². The molecular weight excluding hydrogens is 290 g/mol. The quantitative estimate of drug-likeness (QED) is 0.700. The fraction of sp³-hybridized carbons (Fsp3) is 0.235. The van der Waals surface area contributed by atoms with Crippen molar-refractivity contribution in [2.45, 2.75) is 13.2 Å². The van der Waals surface area contributed by atoms with Gasteiger partial charge in [0.25, 0.3) is 0 Å². The van der Waals surface area contributed by atoms with Crippen molar-refractivity contribution < 1.29 is 4.74 Å². The van der Waals surface area contributed by atoms with Gasteiger partial charge in [-0.05, 0) is 5.56 Å². The third-order valence-electron chi connectivity index (χ3n) is 3.40. The molecule has 3 rings (SSSR count). The minimum Gasteiger partial charge on any atom is -0.472 e. The second-order valence-corrected chi connectivity index (χ2v) is 5.37. The summed E-state index contributed by atoms with van der Waals surface area (Å²) in [4.78, 5) is 10.7. The zero-order chi connectivity index (χ0) is 16.1. The molecule has 3 aromatic rings. The van der Waals surface area contributed by atoms with Gasteiger partial charge in [0.05, 0.1) is 18.6 Å². The van der Waals surface area contributed by atoms with Crippen LogP contribution in [0.5, 0.6) is 5.88 Å². The van der Waals surface area contributed by atoms with Crippen LogP contribution in [0.15, 0.2) is 55.1 Å². The molecule has 6 nitrogen and oxygen atoms in total. The molecule has 0 amide bonds. The number of hydrogen-bond acceptors (Lipinski definition) is 5. The molecule has 0 spiro atoms. The van der Waals surface area contributed by atoms with Crippen LogP contribution in [0.2, 0.25) is 0 Å². The zero-order valence-corrected chi connectivity index (χ0v) is 13.3. The van der Waals surface area contributed by atoms with Crippen molar-refractivity contribution in [1.29, 1.82) is 0 Å². The van der Waals surface area contributed by atoms with Crippen LogP contribution in [0.3, 0.4) is 0 Å². The molecule has 1 aromatic carbocycles. The van der Waals surface area contributed by atoms with E-state index in [1.807, 2.05) is 61.7 Å². The molecule has 6 heteroatoms. The number of nitrogens with zero attached hydrogens (tertiary/aromatic N) is 5. The molecule has 23 heavy (non-hydrogen) atoms. The van der Waals surface area contributed by atoms with Gasteiger partial charge in [0, 0.05) is 32.4 Å². The van der Waals surface area contributed by atoms with Crippen LogP contribution in [0.1, 0.15) is 11.1 Å². The first-order chi connectivity index (χ1) is 11.2.